The summed E-state index contributed by atoms with van der Waals surface area (Å²) in [6.07, 6.45) is 4.82. The summed E-state index contributed by atoms with van der Waals surface area (Å²) in [7, 11) is -1.05. The lowest BCUT2D eigenvalue weighted by atomic mass is 10.5. The molecule has 0 saturated carbocycles. The minimum atomic E-state index is -1.05. The fraction of sp³-hybridized carbons (Fsp3) is 0.769. The SMILES string of the molecule is C=CC(=O)OCCC[Si](C)(CCC)CCC. The Morgan fingerprint density at radius 2 is 1.81 bits per heavy atom. The molecule has 2 nitrogen and oxygen atoms in total. The van der Waals surface area contributed by atoms with Gasteiger partial charge in [-0.25, -0.2) is 4.79 Å². The van der Waals surface area contributed by atoms with E-state index in [1.807, 2.05) is 0 Å². The zero-order valence-electron chi connectivity index (χ0n) is 11.1. The first kappa shape index (κ1) is 15.4. The highest BCUT2D eigenvalue weighted by atomic mass is 28.3. The molecule has 0 aliphatic rings. The molecule has 0 saturated heterocycles. The smallest absolute Gasteiger partial charge is 0.330 e. The Labute approximate surface area is 101 Å². The van der Waals surface area contributed by atoms with Gasteiger partial charge < -0.3 is 4.74 Å². The number of hydrogen-bond acceptors (Lipinski definition) is 2. The van der Waals surface area contributed by atoms with E-state index in [1.54, 1.807) is 0 Å². The van der Waals surface area contributed by atoms with E-state index in [-0.39, 0.29) is 5.97 Å². The summed E-state index contributed by atoms with van der Waals surface area (Å²) >= 11 is 0. The summed E-state index contributed by atoms with van der Waals surface area (Å²) in [6, 6.07) is 4.07. The van der Waals surface area contributed by atoms with Crippen LogP contribution in [0.1, 0.15) is 33.1 Å². The van der Waals surface area contributed by atoms with Crippen LogP contribution in [0.3, 0.4) is 0 Å². The molecule has 0 aromatic rings. The first-order chi connectivity index (χ1) is 7.58. The molecule has 16 heavy (non-hydrogen) atoms. The lowest BCUT2D eigenvalue weighted by molar-refractivity contribution is -0.137. The van der Waals surface area contributed by atoms with E-state index in [1.165, 1.54) is 37.0 Å². The molecule has 0 aromatic heterocycles. The van der Waals surface area contributed by atoms with Crippen LogP contribution in [0.15, 0.2) is 12.7 Å². The number of rotatable bonds is 9. The van der Waals surface area contributed by atoms with Crippen molar-refractivity contribution >= 4 is 14.0 Å². The van der Waals surface area contributed by atoms with Crippen molar-refractivity contribution in [1.29, 1.82) is 0 Å². The standard InChI is InChI=1S/C13H26O2Si/c1-5-10-16(4,11-6-2)12-8-9-15-13(14)7-3/h7H,3,5-6,8-12H2,1-2,4H3. The van der Waals surface area contributed by atoms with Crippen LogP contribution >= 0.6 is 0 Å². The van der Waals surface area contributed by atoms with Crippen LogP contribution in [-0.2, 0) is 9.53 Å². The van der Waals surface area contributed by atoms with Gasteiger partial charge >= 0.3 is 5.97 Å². The normalized spacial score (nSPS) is 11.2. The van der Waals surface area contributed by atoms with E-state index in [0.29, 0.717) is 6.61 Å². The molecule has 0 bridgehead atoms. The highest BCUT2D eigenvalue weighted by Gasteiger charge is 2.24. The second kappa shape index (κ2) is 8.56. The highest BCUT2D eigenvalue weighted by Crippen LogP contribution is 2.25. The minimum Gasteiger partial charge on any atom is -0.463 e. The van der Waals surface area contributed by atoms with Gasteiger partial charge in [-0.05, 0) is 6.42 Å². The van der Waals surface area contributed by atoms with Crippen molar-refractivity contribution in [3.05, 3.63) is 12.7 Å². The van der Waals surface area contributed by atoms with Crippen LogP contribution in [0.4, 0.5) is 0 Å². The Bertz CT molecular complexity index is 208. The van der Waals surface area contributed by atoms with Crippen LogP contribution in [0.2, 0.25) is 24.7 Å². The second-order valence-corrected chi connectivity index (χ2v) is 9.91. The molecule has 0 spiro atoms. The summed E-state index contributed by atoms with van der Waals surface area (Å²) < 4.78 is 5.01. The van der Waals surface area contributed by atoms with Crippen LogP contribution in [-0.4, -0.2) is 20.7 Å². The van der Waals surface area contributed by atoms with Crippen LogP contribution in [0, 0.1) is 0 Å². The van der Waals surface area contributed by atoms with Gasteiger partial charge in [0.2, 0.25) is 0 Å². The molecule has 94 valence electrons. The molecule has 0 amide bonds. The van der Waals surface area contributed by atoms with Gasteiger partial charge in [-0.15, -0.1) is 0 Å². The zero-order chi connectivity index (χ0) is 12.4. The molecule has 0 radical (unpaired) electrons. The third-order valence-corrected chi connectivity index (χ3v) is 8.02. The quantitative estimate of drug-likeness (QED) is 0.264. The van der Waals surface area contributed by atoms with Gasteiger partial charge in [-0.2, -0.15) is 0 Å². The Hall–Kier alpha value is -0.573. The molecule has 0 N–H and O–H groups in total. The summed E-state index contributed by atoms with van der Waals surface area (Å²) in [6.45, 7) is 10.9. The van der Waals surface area contributed by atoms with E-state index in [2.05, 4.69) is 27.0 Å². The van der Waals surface area contributed by atoms with Crippen molar-refractivity contribution in [2.24, 2.45) is 0 Å². The zero-order valence-corrected chi connectivity index (χ0v) is 12.1. The monoisotopic (exact) mass is 242 g/mol. The van der Waals surface area contributed by atoms with E-state index >= 15 is 0 Å². The molecule has 0 aliphatic carbocycles. The predicted molar refractivity (Wildman–Crippen MR) is 72.4 cm³/mol. The fourth-order valence-electron chi connectivity index (χ4n) is 2.31. The number of hydrogen-bond donors (Lipinski definition) is 0. The summed E-state index contributed by atoms with van der Waals surface area (Å²) in [5.74, 6) is -0.297. The van der Waals surface area contributed by atoms with Crippen LogP contribution < -0.4 is 0 Å². The maximum atomic E-state index is 10.9. The molecule has 3 heteroatoms. The summed E-state index contributed by atoms with van der Waals surface area (Å²) in [5, 5.41) is 0. The maximum Gasteiger partial charge on any atom is 0.330 e. The summed E-state index contributed by atoms with van der Waals surface area (Å²) in [5.41, 5.74) is 0. The second-order valence-electron chi connectivity index (χ2n) is 4.79. The topological polar surface area (TPSA) is 26.3 Å². The van der Waals surface area contributed by atoms with Gasteiger partial charge in [0.05, 0.1) is 14.7 Å². The van der Waals surface area contributed by atoms with Gasteiger partial charge in [0.15, 0.2) is 0 Å². The highest BCUT2D eigenvalue weighted by molar-refractivity contribution is 6.78. The van der Waals surface area contributed by atoms with Crippen molar-refractivity contribution in [3.63, 3.8) is 0 Å². The average molecular weight is 242 g/mol. The number of esters is 1. The molecular weight excluding hydrogens is 216 g/mol. The summed E-state index contributed by atoms with van der Waals surface area (Å²) in [4.78, 5) is 10.9. The Balaban J connectivity index is 3.84. The van der Waals surface area contributed by atoms with Gasteiger partial charge in [0, 0.05) is 6.08 Å². The number of carbonyl (C=O) groups excluding carboxylic acids is 1. The first-order valence-electron chi connectivity index (χ1n) is 6.37. The Kier molecular flexibility index (Phi) is 8.26. The molecule has 0 aliphatic heterocycles. The van der Waals surface area contributed by atoms with Crippen molar-refractivity contribution in [2.75, 3.05) is 6.61 Å². The molecule has 0 rings (SSSR count). The molecular formula is C13H26O2Si. The van der Waals surface area contributed by atoms with Gasteiger partial charge in [-0.1, -0.05) is 57.9 Å². The van der Waals surface area contributed by atoms with E-state index in [9.17, 15) is 4.79 Å². The van der Waals surface area contributed by atoms with Crippen molar-refractivity contribution in [2.45, 2.75) is 57.8 Å². The molecule has 0 aromatic carbocycles. The maximum absolute atomic E-state index is 10.9. The fourth-order valence-corrected chi connectivity index (χ4v) is 6.47. The molecule has 0 atom stereocenters. The number of ether oxygens (including phenoxy) is 1. The number of carbonyl (C=O) groups is 1. The third kappa shape index (κ3) is 6.83. The van der Waals surface area contributed by atoms with Crippen molar-refractivity contribution < 1.29 is 9.53 Å². The van der Waals surface area contributed by atoms with Gasteiger partial charge in [-0.3, -0.25) is 0 Å². The molecule has 0 fully saturated rings. The van der Waals surface area contributed by atoms with Crippen molar-refractivity contribution in [1.82, 2.24) is 0 Å². The first-order valence-corrected chi connectivity index (χ1v) is 9.49. The van der Waals surface area contributed by atoms with Gasteiger partial charge in [0.1, 0.15) is 0 Å². The Morgan fingerprint density at radius 3 is 2.25 bits per heavy atom. The Morgan fingerprint density at radius 1 is 1.25 bits per heavy atom. The van der Waals surface area contributed by atoms with Gasteiger partial charge in [0.25, 0.3) is 0 Å². The lowest BCUT2D eigenvalue weighted by Gasteiger charge is -2.26. The third-order valence-electron chi connectivity index (χ3n) is 3.04. The van der Waals surface area contributed by atoms with E-state index in [4.69, 9.17) is 4.74 Å². The van der Waals surface area contributed by atoms with Crippen LogP contribution in [0.5, 0.6) is 0 Å². The van der Waals surface area contributed by atoms with Crippen LogP contribution in [0.25, 0.3) is 0 Å². The predicted octanol–water partition coefficient (Wildman–Crippen LogP) is 4.00. The molecule has 0 heterocycles. The largest absolute Gasteiger partial charge is 0.463 e. The lowest BCUT2D eigenvalue weighted by Crippen LogP contribution is -2.29. The minimum absolute atomic E-state index is 0.297. The average Bonchev–Trinajstić information content (AvgIpc) is 2.25. The molecule has 0 unspecified atom stereocenters. The van der Waals surface area contributed by atoms with E-state index in [0.717, 1.165) is 6.42 Å². The van der Waals surface area contributed by atoms with Crippen molar-refractivity contribution in [3.8, 4) is 0 Å². The van der Waals surface area contributed by atoms with E-state index < -0.39 is 8.07 Å².